The van der Waals surface area contributed by atoms with Crippen LogP contribution in [0.3, 0.4) is 0 Å². The molecule has 1 saturated heterocycles. The highest BCUT2D eigenvalue weighted by molar-refractivity contribution is 7.89. The highest BCUT2D eigenvalue weighted by atomic mass is 32.2. The van der Waals surface area contributed by atoms with Crippen LogP contribution in [0.25, 0.3) is 0 Å². The number of nitrogens with zero attached hydrogens (tertiary/aromatic N) is 2. The zero-order valence-electron chi connectivity index (χ0n) is 15.4. The molecule has 0 unspecified atom stereocenters. The number of sulfonamides is 1. The van der Waals surface area contributed by atoms with Gasteiger partial charge in [0.05, 0.1) is 17.6 Å². The van der Waals surface area contributed by atoms with Gasteiger partial charge in [-0.1, -0.05) is 30.3 Å². The quantitative estimate of drug-likeness (QED) is 0.736. The lowest BCUT2D eigenvalue weighted by atomic mass is 10.2. The number of carbonyl (C=O) groups excluding carboxylic acids is 1. The molecule has 144 valence electrons. The zero-order chi connectivity index (χ0) is 19.3. The van der Waals surface area contributed by atoms with Crippen molar-refractivity contribution in [3.63, 3.8) is 0 Å². The second-order valence-electron chi connectivity index (χ2n) is 6.54. The Morgan fingerprint density at radius 1 is 0.963 bits per heavy atom. The van der Waals surface area contributed by atoms with Gasteiger partial charge in [0.2, 0.25) is 10.0 Å². The molecule has 1 heterocycles. The average Bonchev–Trinajstić information content (AvgIpc) is 2.94. The molecule has 3 rings (SSSR count). The van der Waals surface area contributed by atoms with Crippen molar-refractivity contribution in [2.45, 2.75) is 17.9 Å². The second kappa shape index (κ2) is 8.65. The molecule has 2 aromatic rings. The third kappa shape index (κ3) is 4.74. The Balaban J connectivity index is 1.67. The van der Waals surface area contributed by atoms with Gasteiger partial charge < -0.3 is 4.74 Å². The minimum atomic E-state index is -3.58. The zero-order valence-corrected chi connectivity index (χ0v) is 16.2. The molecule has 0 atom stereocenters. The summed E-state index contributed by atoms with van der Waals surface area (Å²) < 4.78 is 32.1. The van der Waals surface area contributed by atoms with E-state index in [1.165, 1.54) is 41.2 Å². The molecular formula is C20H24N2O4S. The van der Waals surface area contributed by atoms with E-state index in [-0.39, 0.29) is 4.90 Å². The Bertz CT molecular complexity index is 867. The molecule has 1 aliphatic heterocycles. The standard InChI is InChI=1S/C20H24N2O4S/c1-26-20(23)18-8-10-19(11-9-18)27(24,25)22-13-5-12-21(14-15-22)16-17-6-3-2-4-7-17/h2-4,6-11H,5,12-16H2,1H3. The molecule has 0 aliphatic carbocycles. The summed E-state index contributed by atoms with van der Waals surface area (Å²) >= 11 is 0. The summed E-state index contributed by atoms with van der Waals surface area (Å²) in [6.07, 6.45) is 0.784. The first kappa shape index (κ1) is 19.5. The lowest BCUT2D eigenvalue weighted by Crippen LogP contribution is -2.35. The van der Waals surface area contributed by atoms with Crippen LogP contribution in [0, 0.1) is 0 Å². The topological polar surface area (TPSA) is 66.9 Å². The molecule has 1 fully saturated rings. The first-order valence-corrected chi connectivity index (χ1v) is 10.4. The summed E-state index contributed by atoms with van der Waals surface area (Å²) in [6.45, 7) is 3.32. The molecule has 0 saturated carbocycles. The fourth-order valence-corrected chi connectivity index (χ4v) is 4.69. The van der Waals surface area contributed by atoms with Gasteiger partial charge in [-0.2, -0.15) is 4.31 Å². The largest absolute Gasteiger partial charge is 0.465 e. The van der Waals surface area contributed by atoms with E-state index in [9.17, 15) is 13.2 Å². The number of ether oxygens (including phenoxy) is 1. The molecule has 2 aromatic carbocycles. The van der Waals surface area contributed by atoms with Crippen molar-refractivity contribution in [1.29, 1.82) is 0 Å². The molecule has 0 bridgehead atoms. The van der Waals surface area contributed by atoms with Crippen molar-refractivity contribution in [3.8, 4) is 0 Å². The summed E-state index contributed by atoms with van der Waals surface area (Å²) in [6, 6.07) is 16.1. The monoisotopic (exact) mass is 388 g/mol. The lowest BCUT2D eigenvalue weighted by Gasteiger charge is -2.22. The van der Waals surface area contributed by atoms with Crippen LogP contribution < -0.4 is 0 Å². The molecule has 1 aliphatic rings. The molecule has 0 amide bonds. The Labute approximate surface area is 160 Å². The molecule has 0 aromatic heterocycles. The molecule has 0 spiro atoms. The fraction of sp³-hybridized carbons (Fsp3) is 0.350. The number of hydrogen-bond donors (Lipinski definition) is 0. The van der Waals surface area contributed by atoms with Gasteiger partial charge in [-0.25, -0.2) is 13.2 Å². The predicted octanol–water partition coefficient (Wildman–Crippen LogP) is 2.37. The van der Waals surface area contributed by atoms with E-state index < -0.39 is 16.0 Å². The molecule has 27 heavy (non-hydrogen) atoms. The highest BCUT2D eigenvalue weighted by Crippen LogP contribution is 2.19. The first-order valence-electron chi connectivity index (χ1n) is 8.95. The summed E-state index contributed by atoms with van der Waals surface area (Å²) in [5.74, 6) is -0.481. The van der Waals surface area contributed by atoms with Crippen molar-refractivity contribution >= 4 is 16.0 Å². The normalized spacial score (nSPS) is 16.6. The van der Waals surface area contributed by atoms with Crippen LogP contribution in [0.15, 0.2) is 59.5 Å². The van der Waals surface area contributed by atoms with Crippen molar-refractivity contribution in [3.05, 3.63) is 65.7 Å². The van der Waals surface area contributed by atoms with Gasteiger partial charge in [0.1, 0.15) is 0 Å². The maximum atomic E-state index is 12.9. The minimum absolute atomic E-state index is 0.201. The van der Waals surface area contributed by atoms with Crippen LogP contribution >= 0.6 is 0 Å². The summed E-state index contributed by atoms with van der Waals surface area (Å²) in [4.78, 5) is 14.0. The summed E-state index contributed by atoms with van der Waals surface area (Å²) in [7, 11) is -2.28. The third-order valence-electron chi connectivity index (χ3n) is 4.71. The van der Waals surface area contributed by atoms with Gasteiger partial charge in [0.25, 0.3) is 0 Å². The van der Waals surface area contributed by atoms with Gasteiger partial charge in [-0.3, -0.25) is 4.90 Å². The van der Waals surface area contributed by atoms with Crippen molar-refractivity contribution < 1.29 is 17.9 Å². The number of carbonyl (C=O) groups is 1. The SMILES string of the molecule is COC(=O)c1ccc(S(=O)(=O)N2CCCN(Cc3ccccc3)CC2)cc1. The summed E-state index contributed by atoms with van der Waals surface area (Å²) in [5.41, 5.74) is 1.56. The van der Waals surface area contributed by atoms with Crippen LogP contribution in [-0.4, -0.2) is 56.9 Å². The Morgan fingerprint density at radius 2 is 1.67 bits per heavy atom. The summed E-state index contributed by atoms with van der Waals surface area (Å²) in [5, 5.41) is 0. The van der Waals surface area contributed by atoms with Crippen molar-refractivity contribution in [2.75, 3.05) is 33.3 Å². The average molecular weight is 388 g/mol. The Kier molecular flexibility index (Phi) is 6.26. The van der Waals surface area contributed by atoms with Gasteiger partial charge in [-0.15, -0.1) is 0 Å². The maximum absolute atomic E-state index is 12.9. The molecular weight excluding hydrogens is 364 g/mol. The van der Waals surface area contributed by atoms with E-state index in [2.05, 4.69) is 21.8 Å². The van der Waals surface area contributed by atoms with Crippen molar-refractivity contribution in [1.82, 2.24) is 9.21 Å². The van der Waals surface area contributed by atoms with E-state index in [4.69, 9.17) is 0 Å². The number of rotatable bonds is 5. The number of benzene rings is 2. The van der Waals surface area contributed by atoms with Crippen molar-refractivity contribution in [2.24, 2.45) is 0 Å². The van der Waals surface area contributed by atoms with Crippen LogP contribution in [0.4, 0.5) is 0 Å². The fourth-order valence-electron chi connectivity index (χ4n) is 3.22. The highest BCUT2D eigenvalue weighted by Gasteiger charge is 2.27. The van der Waals surface area contributed by atoms with E-state index in [0.29, 0.717) is 25.2 Å². The molecule has 7 heteroatoms. The van der Waals surface area contributed by atoms with E-state index >= 15 is 0 Å². The van der Waals surface area contributed by atoms with Gasteiger partial charge in [0.15, 0.2) is 0 Å². The van der Waals surface area contributed by atoms with Gasteiger partial charge >= 0.3 is 5.97 Å². The molecule has 6 nitrogen and oxygen atoms in total. The maximum Gasteiger partial charge on any atom is 0.337 e. The Morgan fingerprint density at radius 3 is 2.33 bits per heavy atom. The third-order valence-corrected chi connectivity index (χ3v) is 6.62. The van der Waals surface area contributed by atoms with Gasteiger partial charge in [-0.05, 0) is 42.8 Å². The van der Waals surface area contributed by atoms with E-state index in [0.717, 1.165) is 19.5 Å². The molecule has 0 N–H and O–H groups in total. The number of methoxy groups -OCH3 is 1. The first-order chi connectivity index (χ1) is 13.0. The number of esters is 1. The number of hydrogen-bond acceptors (Lipinski definition) is 5. The smallest absolute Gasteiger partial charge is 0.337 e. The Hall–Kier alpha value is -2.22. The van der Waals surface area contributed by atoms with Crippen LogP contribution in [-0.2, 0) is 21.3 Å². The second-order valence-corrected chi connectivity index (χ2v) is 8.47. The van der Waals surface area contributed by atoms with Crippen LogP contribution in [0.1, 0.15) is 22.3 Å². The van der Waals surface area contributed by atoms with E-state index in [1.807, 2.05) is 18.2 Å². The minimum Gasteiger partial charge on any atom is -0.465 e. The van der Waals surface area contributed by atoms with Crippen LogP contribution in [0.2, 0.25) is 0 Å². The van der Waals surface area contributed by atoms with E-state index in [1.54, 1.807) is 0 Å². The predicted molar refractivity (Wildman–Crippen MR) is 103 cm³/mol. The molecule has 0 radical (unpaired) electrons. The van der Waals surface area contributed by atoms with Gasteiger partial charge in [0, 0.05) is 26.2 Å². The lowest BCUT2D eigenvalue weighted by molar-refractivity contribution is 0.0600. The van der Waals surface area contributed by atoms with Crippen LogP contribution in [0.5, 0.6) is 0 Å².